The summed E-state index contributed by atoms with van der Waals surface area (Å²) in [5.41, 5.74) is -1.25. The number of hydrogen-bond acceptors (Lipinski definition) is 7. The summed E-state index contributed by atoms with van der Waals surface area (Å²) in [6.07, 6.45) is 0. The normalized spacial score (nSPS) is 11.0. The second-order valence-corrected chi connectivity index (χ2v) is 6.46. The topological polar surface area (TPSA) is 162 Å². The van der Waals surface area contributed by atoms with Crippen LogP contribution in [-0.2, 0) is 10.0 Å². The molecule has 0 aliphatic rings. The standard InChI is InChI=1S/C13H13N5O6S/c1-7-14-11(16-12(21)15-7)18(2)13(22)17-25(23,24)9-6-4-3-5-8(9)10(19)20/h3-6H,1-2H3,(H,17,22)(H,19,20)(H,14,15,16,21). The van der Waals surface area contributed by atoms with Crippen LogP contribution in [0.2, 0.25) is 0 Å². The molecule has 0 unspecified atom stereocenters. The van der Waals surface area contributed by atoms with E-state index in [9.17, 15) is 22.8 Å². The lowest BCUT2D eigenvalue weighted by molar-refractivity contribution is 0.0692. The van der Waals surface area contributed by atoms with E-state index >= 15 is 0 Å². The Morgan fingerprint density at radius 3 is 2.48 bits per heavy atom. The van der Waals surface area contributed by atoms with Crippen LogP contribution in [0.15, 0.2) is 34.0 Å². The van der Waals surface area contributed by atoms with E-state index in [1.807, 2.05) is 0 Å². The molecule has 132 valence electrons. The molecule has 2 amide bonds. The van der Waals surface area contributed by atoms with Crippen molar-refractivity contribution >= 4 is 28.0 Å². The van der Waals surface area contributed by atoms with E-state index in [4.69, 9.17) is 5.11 Å². The van der Waals surface area contributed by atoms with Crippen LogP contribution >= 0.6 is 0 Å². The van der Waals surface area contributed by atoms with Gasteiger partial charge in [-0.25, -0.2) is 27.5 Å². The molecule has 2 rings (SSSR count). The first-order valence-corrected chi connectivity index (χ1v) is 8.18. The Kier molecular flexibility index (Phi) is 4.83. The first kappa shape index (κ1) is 18.1. The number of aromatic amines is 1. The number of urea groups is 1. The summed E-state index contributed by atoms with van der Waals surface area (Å²) in [6, 6.07) is 3.65. The third kappa shape index (κ3) is 3.98. The Balaban J connectivity index is 2.33. The number of carboxylic acids is 1. The van der Waals surface area contributed by atoms with E-state index < -0.39 is 38.2 Å². The highest BCUT2D eigenvalue weighted by Crippen LogP contribution is 2.15. The number of H-pyrrole nitrogens is 1. The fourth-order valence-corrected chi connectivity index (χ4v) is 3.01. The van der Waals surface area contributed by atoms with Crippen molar-refractivity contribution in [2.75, 3.05) is 11.9 Å². The molecule has 2 aromatic rings. The van der Waals surface area contributed by atoms with Gasteiger partial charge in [-0.3, -0.25) is 9.88 Å². The second-order valence-electron chi connectivity index (χ2n) is 4.81. The average molecular weight is 367 g/mol. The highest BCUT2D eigenvalue weighted by Gasteiger charge is 2.26. The van der Waals surface area contributed by atoms with Gasteiger partial charge in [0.2, 0.25) is 5.95 Å². The van der Waals surface area contributed by atoms with Gasteiger partial charge in [-0.15, -0.1) is 0 Å². The molecule has 11 nitrogen and oxygen atoms in total. The summed E-state index contributed by atoms with van der Waals surface area (Å²) in [6.45, 7) is 1.46. The van der Waals surface area contributed by atoms with Crippen molar-refractivity contribution in [1.82, 2.24) is 19.7 Å². The number of aromatic carboxylic acids is 1. The highest BCUT2D eigenvalue weighted by molar-refractivity contribution is 7.90. The van der Waals surface area contributed by atoms with Gasteiger partial charge in [0.05, 0.1) is 5.56 Å². The molecule has 1 aromatic carbocycles. The number of anilines is 1. The van der Waals surface area contributed by atoms with Crippen molar-refractivity contribution in [2.45, 2.75) is 11.8 Å². The second kappa shape index (κ2) is 6.68. The van der Waals surface area contributed by atoms with Crippen molar-refractivity contribution in [3.05, 3.63) is 46.1 Å². The van der Waals surface area contributed by atoms with Gasteiger partial charge in [0.1, 0.15) is 10.7 Å². The third-order valence-electron chi connectivity index (χ3n) is 2.99. The zero-order valence-electron chi connectivity index (χ0n) is 13.0. The van der Waals surface area contributed by atoms with Gasteiger partial charge in [0.25, 0.3) is 10.0 Å². The number of benzene rings is 1. The van der Waals surface area contributed by atoms with Crippen molar-refractivity contribution in [3.63, 3.8) is 0 Å². The van der Waals surface area contributed by atoms with E-state index in [0.717, 1.165) is 19.2 Å². The quantitative estimate of drug-likeness (QED) is 0.663. The zero-order valence-corrected chi connectivity index (χ0v) is 13.9. The van der Waals surface area contributed by atoms with Crippen molar-refractivity contribution in [3.8, 4) is 0 Å². The van der Waals surface area contributed by atoms with Gasteiger partial charge in [-0.1, -0.05) is 12.1 Å². The molecular formula is C13H13N5O6S. The number of rotatable bonds is 4. The molecule has 0 aliphatic heterocycles. The maximum Gasteiger partial charge on any atom is 0.349 e. The average Bonchev–Trinajstić information content (AvgIpc) is 2.52. The van der Waals surface area contributed by atoms with Gasteiger partial charge in [-0.05, 0) is 19.1 Å². The highest BCUT2D eigenvalue weighted by atomic mass is 32.2. The minimum absolute atomic E-state index is 0.175. The SMILES string of the molecule is Cc1nc(N(C)C(=O)NS(=O)(=O)c2ccccc2C(=O)O)nc(=O)[nH]1. The first-order chi connectivity index (χ1) is 11.6. The van der Waals surface area contributed by atoms with Crippen LogP contribution in [0.25, 0.3) is 0 Å². The zero-order chi connectivity index (χ0) is 18.8. The predicted octanol–water partition coefficient (Wildman–Crippen LogP) is -0.294. The minimum atomic E-state index is -4.47. The molecule has 0 saturated carbocycles. The number of aromatic nitrogens is 3. The maximum absolute atomic E-state index is 12.3. The molecule has 0 saturated heterocycles. The van der Waals surface area contributed by atoms with Gasteiger partial charge < -0.3 is 5.11 Å². The Hall–Kier alpha value is -3.28. The number of hydrogen-bond donors (Lipinski definition) is 3. The summed E-state index contributed by atoms with van der Waals surface area (Å²) >= 11 is 0. The Labute approximate surface area is 141 Å². The summed E-state index contributed by atoms with van der Waals surface area (Å²) in [5.74, 6) is -1.61. The maximum atomic E-state index is 12.3. The summed E-state index contributed by atoms with van der Waals surface area (Å²) < 4.78 is 26.3. The molecule has 1 aromatic heterocycles. The number of aryl methyl sites for hydroxylation is 1. The Morgan fingerprint density at radius 2 is 1.88 bits per heavy atom. The van der Waals surface area contributed by atoms with Crippen LogP contribution in [-0.4, -0.2) is 47.5 Å². The number of carbonyl (C=O) groups excluding carboxylic acids is 1. The van der Waals surface area contributed by atoms with Gasteiger partial charge >= 0.3 is 17.7 Å². The van der Waals surface area contributed by atoms with Crippen LogP contribution < -0.4 is 15.3 Å². The van der Waals surface area contributed by atoms with E-state index in [1.165, 1.54) is 19.1 Å². The van der Waals surface area contributed by atoms with Crippen LogP contribution in [0.5, 0.6) is 0 Å². The molecule has 25 heavy (non-hydrogen) atoms. The fraction of sp³-hybridized carbons (Fsp3) is 0.154. The minimum Gasteiger partial charge on any atom is -0.478 e. The molecule has 12 heteroatoms. The van der Waals surface area contributed by atoms with E-state index in [0.29, 0.717) is 4.90 Å². The lowest BCUT2D eigenvalue weighted by Crippen LogP contribution is -2.42. The van der Waals surface area contributed by atoms with Crippen molar-refractivity contribution < 1.29 is 23.1 Å². The lowest BCUT2D eigenvalue weighted by Gasteiger charge is -2.16. The number of nitrogens with zero attached hydrogens (tertiary/aromatic N) is 3. The lowest BCUT2D eigenvalue weighted by atomic mass is 10.2. The van der Waals surface area contributed by atoms with E-state index in [1.54, 1.807) is 4.72 Å². The number of nitrogens with one attached hydrogen (secondary N) is 2. The van der Waals surface area contributed by atoms with Gasteiger partial charge in [-0.2, -0.15) is 9.97 Å². The molecule has 3 N–H and O–H groups in total. The molecule has 0 bridgehead atoms. The largest absolute Gasteiger partial charge is 0.478 e. The summed E-state index contributed by atoms with van der Waals surface area (Å²) in [5, 5.41) is 9.07. The number of carboxylic acid groups (broad SMARTS) is 1. The monoisotopic (exact) mass is 367 g/mol. The van der Waals surface area contributed by atoms with Crippen LogP contribution in [0.4, 0.5) is 10.7 Å². The molecule has 0 radical (unpaired) electrons. The van der Waals surface area contributed by atoms with Crippen LogP contribution in [0, 0.1) is 6.92 Å². The van der Waals surface area contributed by atoms with E-state index in [2.05, 4.69) is 15.0 Å². The molecule has 0 fully saturated rings. The van der Waals surface area contributed by atoms with Crippen LogP contribution in [0.3, 0.4) is 0 Å². The molecule has 0 aliphatic carbocycles. The smallest absolute Gasteiger partial charge is 0.349 e. The Morgan fingerprint density at radius 1 is 1.24 bits per heavy atom. The summed E-state index contributed by atoms with van der Waals surface area (Å²) in [7, 11) is -3.32. The van der Waals surface area contributed by atoms with Crippen molar-refractivity contribution in [2.24, 2.45) is 0 Å². The fourth-order valence-electron chi connectivity index (χ4n) is 1.83. The summed E-state index contributed by atoms with van der Waals surface area (Å²) in [4.78, 5) is 44.3. The first-order valence-electron chi connectivity index (χ1n) is 6.69. The van der Waals surface area contributed by atoms with Gasteiger partial charge in [0, 0.05) is 7.05 Å². The van der Waals surface area contributed by atoms with Crippen LogP contribution in [0.1, 0.15) is 16.2 Å². The Bertz CT molecular complexity index is 1000. The number of sulfonamides is 1. The molecule has 1 heterocycles. The van der Waals surface area contributed by atoms with Gasteiger partial charge in [0.15, 0.2) is 0 Å². The molecular weight excluding hydrogens is 354 g/mol. The predicted molar refractivity (Wildman–Crippen MR) is 84.9 cm³/mol. The van der Waals surface area contributed by atoms with E-state index in [-0.39, 0.29) is 11.8 Å². The number of carbonyl (C=O) groups is 2. The van der Waals surface area contributed by atoms with Crippen molar-refractivity contribution in [1.29, 1.82) is 0 Å². The number of amides is 2. The molecule has 0 atom stereocenters. The molecule has 0 spiro atoms. The third-order valence-corrected chi connectivity index (χ3v) is 4.37.